The molecule has 0 bridgehead atoms. The zero-order valence-corrected chi connectivity index (χ0v) is 17.7. The highest BCUT2D eigenvalue weighted by atomic mass is 35.5. The van der Waals surface area contributed by atoms with Crippen LogP contribution >= 0.6 is 11.6 Å². The first-order chi connectivity index (χ1) is 14.0. The zero-order valence-electron chi connectivity index (χ0n) is 17.0. The van der Waals surface area contributed by atoms with Gasteiger partial charge in [0.05, 0.1) is 12.1 Å². The molecular formula is C22H27ClN2O4. The molecule has 0 saturated carbocycles. The smallest absolute Gasteiger partial charge is 0.261 e. The van der Waals surface area contributed by atoms with Gasteiger partial charge in [-0.2, -0.15) is 0 Å². The van der Waals surface area contributed by atoms with Crippen molar-refractivity contribution in [2.24, 2.45) is 0 Å². The molecule has 2 aromatic rings. The molecule has 0 aromatic heterocycles. The molecule has 1 N–H and O–H groups in total. The number of benzene rings is 2. The van der Waals surface area contributed by atoms with Crippen LogP contribution < -0.4 is 14.8 Å². The fraction of sp³-hybridized carbons (Fsp3) is 0.364. The average molecular weight is 419 g/mol. The van der Waals surface area contributed by atoms with Crippen LogP contribution in [-0.2, 0) is 16.1 Å². The summed E-state index contributed by atoms with van der Waals surface area (Å²) in [6, 6.07) is 13.8. The summed E-state index contributed by atoms with van der Waals surface area (Å²) in [5.41, 5.74) is 0.889. The van der Waals surface area contributed by atoms with E-state index < -0.39 is 6.04 Å². The van der Waals surface area contributed by atoms with Crippen LogP contribution in [0.5, 0.6) is 11.5 Å². The highest BCUT2D eigenvalue weighted by Crippen LogP contribution is 2.23. The van der Waals surface area contributed by atoms with Crippen LogP contribution in [-0.4, -0.2) is 43.0 Å². The standard InChI is InChI=1S/C22H27ClN2O4/c1-4-19(22(27)24-5-2)25(14-16-10-12-17(28-3)13-11-16)21(26)15-29-20-9-7-6-8-18(20)23/h6-13,19H,4-5,14-15H2,1-3H3,(H,24,27)/t19-/m0/s1. The number of amides is 2. The summed E-state index contributed by atoms with van der Waals surface area (Å²) in [4.78, 5) is 27.1. The molecule has 2 aromatic carbocycles. The van der Waals surface area contributed by atoms with Gasteiger partial charge < -0.3 is 19.7 Å². The molecule has 0 heterocycles. The van der Waals surface area contributed by atoms with E-state index in [1.165, 1.54) is 0 Å². The van der Waals surface area contributed by atoms with Crippen molar-refractivity contribution in [1.82, 2.24) is 10.2 Å². The zero-order chi connectivity index (χ0) is 21.2. The molecule has 0 saturated heterocycles. The number of carbonyl (C=O) groups is 2. The number of halogens is 1. The van der Waals surface area contributed by atoms with E-state index >= 15 is 0 Å². The van der Waals surface area contributed by atoms with Crippen molar-refractivity contribution in [3.8, 4) is 11.5 Å². The van der Waals surface area contributed by atoms with Crippen molar-refractivity contribution in [2.75, 3.05) is 20.3 Å². The van der Waals surface area contributed by atoms with Crippen molar-refractivity contribution in [2.45, 2.75) is 32.9 Å². The number of ether oxygens (including phenoxy) is 2. The second-order valence-corrected chi connectivity index (χ2v) is 6.81. The summed E-state index contributed by atoms with van der Waals surface area (Å²) < 4.78 is 10.8. The average Bonchev–Trinajstić information content (AvgIpc) is 2.73. The predicted octanol–water partition coefficient (Wildman–Crippen LogP) is 3.67. The van der Waals surface area contributed by atoms with E-state index in [0.29, 0.717) is 23.7 Å². The number of nitrogens with one attached hydrogen (secondary N) is 1. The Morgan fingerprint density at radius 2 is 1.79 bits per heavy atom. The number of likely N-dealkylation sites (N-methyl/N-ethyl adjacent to an activating group) is 1. The maximum atomic E-state index is 13.0. The first-order valence-electron chi connectivity index (χ1n) is 9.57. The van der Waals surface area contributed by atoms with Gasteiger partial charge in [0.15, 0.2) is 6.61 Å². The first kappa shape index (κ1) is 22.6. The number of methoxy groups -OCH3 is 1. The molecule has 1 atom stereocenters. The van der Waals surface area contributed by atoms with Gasteiger partial charge in [-0.1, -0.05) is 42.8 Å². The van der Waals surface area contributed by atoms with E-state index in [9.17, 15) is 9.59 Å². The second-order valence-electron chi connectivity index (χ2n) is 6.41. The molecule has 0 aliphatic rings. The molecule has 0 fully saturated rings. The van der Waals surface area contributed by atoms with Crippen LogP contribution in [0.15, 0.2) is 48.5 Å². The molecule has 7 heteroatoms. The van der Waals surface area contributed by atoms with Crippen molar-refractivity contribution in [3.05, 3.63) is 59.1 Å². The Labute approximate surface area is 176 Å². The van der Waals surface area contributed by atoms with Gasteiger partial charge in [-0.05, 0) is 43.2 Å². The Bertz CT molecular complexity index is 811. The Morgan fingerprint density at radius 1 is 1.10 bits per heavy atom. The van der Waals surface area contributed by atoms with E-state index in [4.69, 9.17) is 21.1 Å². The number of rotatable bonds is 10. The van der Waals surface area contributed by atoms with E-state index in [1.807, 2.05) is 38.1 Å². The number of hydrogen-bond donors (Lipinski definition) is 1. The normalized spacial score (nSPS) is 11.4. The van der Waals surface area contributed by atoms with E-state index in [2.05, 4.69) is 5.32 Å². The van der Waals surface area contributed by atoms with Crippen LogP contribution in [0.3, 0.4) is 0 Å². The molecule has 0 aliphatic carbocycles. The monoisotopic (exact) mass is 418 g/mol. The second kappa shape index (κ2) is 11.3. The number of nitrogens with zero attached hydrogens (tertiary/aromatic N) is 1. The minimum Gasteiger partial charge on any atom is -0.497 e. The summed E-state index contributed by atoms with van der Waals surface area (Å²) in [6.45, 7) is 4.29. The van der Waals surface area contributed by atoms with E-state index in [0.717, 1.165) is 11.3 Å². The minimum absolute atomic E-state index is 0.186. The summed E-state index contributed by atoms with van der Waals surface area (Å²) in [5, 5.41) is 3.23. The predicted molar refractivity (Wildman–Crippen MR) is 113 cm³/mol. The molecule has 0 aliphatic heterocycles. The summed E-state index contributed by atoms with van der Waals surface area (Å²) in [6.07, 6.45) is 0.486. The van der Waals surface area contributed by atoms with Gasteiger partial charge in [0.1, 0.15) is 17.5 Å². The molecule has 6 nitrogen and oxygen atoms in total. The van der Waals surface area contributed by atoms with Crippen molar-refractivity contribution < 1.29 is 19.1 Å². The SMILES string of the molecule is CCNC(=O)[C@H](CC)N(Cc1ccc(OC)cc1)C(=O)COc1ccccc1Cl. The van der Waals surface area contributed by atoms with Gasteiger partial charge >= 0.3 is 0 Å². The molecular weight excluding hydrogens is 392 g/mol. The van der Waals surface area contributed by atoms with Gasteiger partial charge in [-0.15, -0.1) is 0 Å². The molecule has 0 spiro atoms. The fourth-order valence-electron chi connectivity index (χ4n) is 2.92. The van der Waals surface area contributed by atoms with Crippen LogP contribution in [0, 0.1) is 0 Å². The summed E-state index contributed by atoms with van der Waals surface area (Å²) in [7, 11) is 1.60. The Hall–Kier alpha value is -2.73. The molecule has 156 valence electrons. The Kier molecular flexibility index (Phi) is 8.80. The van der Waals surface area contributed by atoms with Crippen LogP contribution in [0.2, 0.25) is 5.02 Å². The van der Waals surface area contributed by atoms with Crippen molar-refractivity contribution in [1.29, 1.82) is 0 Å². The first-order valence-corrected chi connectivity index (χ1v) is 9.95. The fourth-order valence-corrected chi connectivity index (χ4v) is 3.11. The van der Waals surface area contributed by atoms with Crippen LogP contribution in [0.4, 0.5) is 0 Å². The van der Waals surface area contributed by atoms with Crippen molar-refractivity contribution >= 4 is 23.4 Å². The van der Waals surface area contributed by atoms with E-state index in [-0.39, 0.29) is 25.0 Å². The number of para-hydroxylation sites is 1. The quantitative estimate of drug-likeness (QED) is 0.639. The van der Waals surface area contributed by atoms with Gasteiger partial charge in [0.25, 0.3) is 5.91 Å². The molecule has 29 heavy (non-hydrogen) atoms. The number of hydrogen-bond acceptors (Lipinski definition) is 4. The largest absolute Gasteiger partial charge is 0.497 e. The lowest BCUT2D eigenvalue weighted by atomic mass is 10.1. The van der Waals surface area contributed by atoms with Gasteiger partial charge in [-0.25, -0.2) is 0 Å². The Balaban J connectivity index is 2.20. The third kappa shape index (κ3) is 6.39. The lowest BCUT2D eigenvalue weighted by Gasteiger charge is -2.30. The third-order valence-corrected chi connectivity index (χ3v) is 4.75. The van der Waals surface area contributed by atoms with Gasteiger partial charge in [-0.3, -0.25) is 9.59 Å². The maximum absolute atomic E-state index is 13.0. The molecule has 2 rings (SSSR count). The minimum atomic E-state index is -0.598. The maximum Gasteiger partial charge on any atom is 0.261 e. The number of carbonyl (C=O) groups excluding carboxylic acids is 2. The summed E-state index contributed by atoms with van der Waals surface area (Å²) >= 11 is 6.10. The highest BCUT2D eigenvalue weighted by Gasteiger charge is 2.28. The van der Waals surface area contributed by atoms with Crippen LogP contribution in [0.25, 0.3) is 0 Å². The molecule has 0 unspecified atom stereocenters. The highest BCUT2D eigenvalue weighted by molar-refractivity contribution is 6.32. The van der Waals surface area contributed by atoms with E-state index in [1.54, 1.807) is 36.3 Å². The van der Waals surface area contributed by atoms with Crippen molar-refractivity contribution in [3.63, 3.8) is 0 Å². The third-order valence-electron chi connectivity index (χ3n) is 4.44. The van der Waals surface area contributed by atoms with Gasteiger partial charge in [0, 0.05) is 13.1 Å². The molecule has 2 amide bonds. The molecule has 0 radical (unpaired) electrons. The summed E-state index contributed by atoms with van der Waals surface area (Å²) in [5.74, 6) is 0.677. The lowest BCUT2D eigenvalue weighted by Crippen LogP contribution is -2.50. The van der Waals surface area contributed by atoms with Gasteiger partial charge in [0.2, 0.25) is 5.91 Å². The topological polar surface area (TPSA) is 67.9 Å². The lowest BCUT2D eigenvalue weighted by molar-refractivity contribution is -0.142. The van der Waals surface area contributed by atoms with Crippen LogP contribution in [0.1, 0.15) is 25.8 Å². The Morgan fingerprint density at radius 3 is 2.38 bits per heavy atom.